The Balaban J connectivity index is 1.84. The third-order valence-electron chi connectivity index (χ3n) is 4.88. The third kappa shape index (κ3) is 1.98. The molecule has 1 aromatic heterocycles. The standard InChI is InChI=1S/C23H16S/c1-2-8-16(9-3-1)22-18-11-5-4-10-17(18)19-12-6-13-20(23(19)22)21-14-7-15-24-21/h1-15,22H. The van der Waals surface area contributed by atoms with Gasteiger partial charge >= 0.3 is 0 Å². The van der Waals surface area contributed by atoms with E-state index in [0.29, 0.717) is 5.92 Å². The summed E-state index contributed by atoms with van der Waals surface area (Å²) < 4.78 is 0. The molecular formula is C23H16S. The number of rotatable bonds is 2. The first-order valence-corrected chi connectivity index (χ1v) is 9.12. The first-order valence-electron chi connectivity index (χ1n) is 8.24. The minimum absolute atomic E-state index is 0.315. The van der Waals surface area contributed by atoms with Crippen LogP contribution in [0.25, 0.3) is 21.6 Å². The van der Waals surface area contributed by atoms with Crippen molar-refractivity contribution in [2.45, 2.75) is 5.92 Å². The number of hydrogen-bond donors (Lipinski definition) is 0. The Labute approximate surface area is 146 Å². The average molecular weight is 324 g/mol. The van der Waals surface area contributed by atoms with Crippen molar-refractivity contribution in [2.24, 2.45) is 0 Å². The molecule has 1 aliphatic rings. The van der Waals surface area contributed by atoms with Crippen molar-refractivity contribution in [2.75, 3.05) is 0 Å². The van der Waals surface area contributed by atoms with Crippen LogP contribution in [-0.4, -0.2) is 0 Å². The summed E-state index contributed by atoms with van der Waals surface area (Å²) in [5.41, 5.74) is 8.36. The van der Waals surface area contributed by atoms with Crippen molar-refractivity contribution >= 4 is 11.3 Å². The molecule has 5 rings (SSSR count). The molecule has 24 heavy (non-hydrogen) atoms. The predicted octanol–water partition coefficient (Wildman–Crippen LogP) is 6.58. The van der Waals surface area contributed by atoms with Crippen LogP contribution >= 0.6 is 11.3 Å². The Morgan fingerprint density at radius 2 is 1.33 bits per heavy atom. The second-order valence-electron chi connectivity index (χ2n) is 6.18. The zero-order chi connectivity index (χ0) is 15.9. The van der Waals surface area contributed by atoms with E-state index in [1.807, 2.05) is 11.3 Å². The molecule has 0 amide bonds. The van der Waals surface area contributed by atoms with E-state index in [2.05, 4.69) is 90.3 Å². The van der Waals surface area contributed by atoms with Crippen LogP contribution in [-0.2, 0) is 0 Å². The minimum atomic E-state index is 0.315. The van der Waals surface area contributed by atoms with Crippen LogP contribution in [0.2, 0.25) is 0 Å². The summed E-state index contributed by atoms with van der Waals surface area (Å²) in [6, 6.07) is 30.8. The summed E-state index contributed by atoms with van der Waals surface area (Å²) in [6.45, 7) is 0. The van der Waals surface area contributed by atoms with Gasteiger partial charge in [-0.3, -0.25) is 0 Å². The molecule has 1 unspecified atom stereocenters. The fourth-order valence-electron chi connectivity index (χ4n) is 3.90. The lowest BCUT2D eigenvalue weighted by Gasteiger charge is -2.17. The number of hydrogen-bond acceptors (Lipinski definition) is 1. The normalized spacial score (nSPS) is 15.1. The summed E-state index contributed by atoms with van der Waals surface area (Å²) >= 11 is 1.82. The van der Waals surface area contributed by atoms with E-state index in [1.54, 1.807) is 0 Å². The number of thiophene rings is 1. The van der Waals surface area contributed by atoms with Gasteiger partial charge in [0.2, 0.25) is 0 Å². The molecule has 1 atom stereocenters. The van der Waals surface area contributed by atoms with Gasteiger partial charge in [0.15, 0.2) is 0 Å². The van der Waals surface area contributed by atoms with Crippen LogP contribution in [0.15, 0.2) is 90.3 Å². The first kappa shape index (κ1) is 13.8. The maximum atomic E-state index is 2.28. The van der Waals surface area contributed by atoms with E-state index in [9.17, 15) is 0 Å². The molecule has 0 aliphatic heterocycles. The highest BCUT2D eigenvalue weighted by molar-refractivity contribution is 7.13. The summed E-state index contributed by atoms with van der Waals surface area (Å²) in [7, 11) is 0. The molecule has 0 saturated heterocycles. The highest BCUT2D eigenvalue weighted by Crippen LogP contribution is 2.51. The lowest BCUT2D eigenvalue weighted by molar-refractivity contribution is 1.02. The van der Waals surface area contributed by atoms with Gasteiger partial charge in [0.25, 0.3) is 0 Å². The second kappa shape index (κ2) is 5.47. The molecule has 0 N–H and O–H groups in total. The molecule has 0 nitrogen and oxygen atoms in total. The Bertz CT molecular complexity index is 997. The van der Waals surface area contributed by atoms with Crippen LogP contribution in [0, 0.1) is 0 Å². The molecule has 0 bridgehead atoms. The monoisotopic (exact) mass is 324 g/mol. The number of fused-ring (bicyclic) bond motifs is 3. The molecule has 0 saturated carbocycles. The Kier molecular flexibility index (Phi) is 3.14. The number of benzene rings is 3. The van der Waals surface area contributed by atoms with Crippen LogP contribution in [0.5, 0.6) is 0 Å². The zero-order valence-electron chi connectivity index (χ0n) is 13.1. The van der Waals surface area contributed by atoms with Gasteiger partial charge in [-0.2, -0.15) is 0 Å². The molecule has 0 radical (unpaired) electrons. The van der Waals surface area contributed by atoms with Gasteiger partial charge < -0.3 is 0 Å². The summed E-state index contributed by atoms with van der Waals surface area (Å²) in [6.07, 6.45) is 0. The zero-order valence-corrected chi connectivity index (χ0v) is 14.0. The van der Waals surface area contributed by atoms with Gasteiger partial charge in [0.1, 0.15) is 0 Å². The van der Waals surface area contributed by atoms with Crippen LogP contribution < -0.4 is 0 Å². The Morgan fingerprint density at radius 3 is 2.17 bits per heavy atom. The maximum Gasteiger partial charge on any atom is 0.0358 e. The fourth-order valence-corrected chi connectivity index (χ4v) is 4.66. The molecule has 0 spiro atoms. The fraction of sp³-hybridized carbons (Fsp3) is 0.0435. The lowest BCUT2D eigenvalue weighted by Crippen LogP contribution is -2.00. The molecule has 1 heterocycles. The molecule has 0 fully saturated rings. The topological polar surface area (TPSA) is 0 Å². The highest BCUT2D eigenvalue weighted by Gasteiger charge is 2.31. The smallest absolute Gasteiger partial charge is 0.0358 e. The van der Waals surface area contributed by atoms with Crippen molar-refractivity contribution in [1.29, 1.82) is 0 Å². The van der Waals surface area contributed by atoms with Gasteiger partial charge in [0, 0.05) is 10.8 Å². The Morgan fingerprint density at radius 1 is 0.583 bits per heavy atom. The molecular weight excluding hydrogens is 308 g/mol. The molecule has 1 aliphatic carbocycles. The predicted molar refractivity (Wildman–Crippen MR) is 103 cm³/mol. The third-order valence-corrected chi connectivity index (χ3v) is 5.78. The maximum absolute atomic E-state index is 2.28. The minimum Gasteiger partial charge on any atom is -0.144 e. The van der Waals surface area contributed by atoms with Gasteiger partial charge in [0.05, 0.1) is 0 Å². The lowest BCUT2D eigenvalue weighted by atomic mass is 9.86. The van der Waals surface area contributed by atoms with Gasteiger partial charge in [-0.1, -0.05) is 78.9 Å². The van der Waals surface area contributed by atoms with E-state index < -0.39 is 0 Å². The Hall–Kier alpha value is -2.64. The van der Waals surface area contributed by atoms with Crippen molar-refractivity contribution in [3.05, 3.63) is 107 Å². The summed E-state index contributed by atoms with van der Waals surface area (Å²) in [5, 5.41) is 2.16. The molecule has 4 aromatic rings. The van der Waals surface area contributed by atoms with Crippen LogP contribution in [0.4, 0.5) is 0 Å². The van der Waals surface area contributed by atoms with E-state index in [0.717, 1.165) is 0 Å². The van der Waals surface area contributed by atoms with Crippen LogP contribution in [0.3, 0.4) is 0 Å². The van der Waals surface area contributed by atoms with Crippen molar-refractivity contribution in [1.82, 2.24) is 0 Å². The van der Waals surface area contributed by atoms with Crippen molar-refractivity contribution in [3.8, 4) is 21.6 Å². The largest absolute Gasteiger partial charge is 0.144 e. The SMILES string of the molecule is c1ccc(C2c3ccccc3-c3cccc(-c4cccs4)c32)cc1. The van der Waals surface area contributed by atoms with Gasteiger partial charge in [-0.25, -0.2) is 0 Å². The second-order valence-corrected chi connectivity index (χ2v) is 7.12. The van der Waals surface area contributed by atoms with Crippen molar-refractivity contribution in [3.63, 3.8) is 0 Å². The summed E-state index contributed by atoms with van der Waals surface area (Å²) in [5.74, 6) is 0.315. The first-order chi connectivity index (χ1) is 11.9. The van der Waals surface area contributed by atoms with E-state index in [4.69, 9.17) is 0 Å². The molecule has 1 heteroatoms. The highest BCUT2D eigenvalue weighted by atomic mass is 32.1. The van der Waals surface area contributed by atoms with E-state index in [-0.39, 0.29) is 0 Å². The average Bonchev–Trinajstić information content (AvgIpc) is 3.28. The van der Waals surface area contributed by atoms with E-state index >= 15 is 0 Å². The summed E-state index contributed by atoms with van der Waals surface area (Å²) in [4.78, 5) is 1.35. The van der Waals surface area contributed by atoms with Gasteiger partial charge in [-0.15, -0.1) is 11.3 Å². The van der Waals surface area contributed by atoms with Crippen molar-refractivity contribution < 1.29 is 0 Å². The molecule has 114 valence electrons. The molecule has 3 aromatic carbocycles. The quantitative estimate of drug-likeness (QED) is 0.344. The van der Waals surface area contributed by atoms with E-state index in [1.165, 1.54) is 38.3 Å². The van der Waals surface area contributed by atoms with Crippen LogP contribution in [0.1, 0.15) is 22.6 Å². The van der Waals surface area contributed by atoms with Gasteiger partial charge in [-0.05, 0) is 44.8 Å².